The summed E-state index contributed by atoms with van der Waals surface area (Å²) in [6.45, 7) is 0. The number of fused-ring (bicyclic) bond motifs is 3. The molecule has 142 valence electrons. The van der Waals surface area contributed by atoms with E-state index in [1.807, 2.05) is 29.4 Å². The fourth-order valence-electron chi connectivity index (χ4n) is 3.12. The lowest BCUT2D eigenvalue weighted by molar-refractivity contribution is -0.113. The predicted octanol–water partition coefficient (Wildman–Crippen LogP) is 3.58. The SMILES string of the molecule is COC(=O)c1ccc(NC(=O)CSC2=Nc3ccccc3[C@@H]3CC=NN23)cc1. The Bertz CT molecular complexity index is 972. The van der Waals surface area contributed by atoms with Crippen molar-refractivity contribution < 1.29 is 14.3 Å². The van der Waals surface area contributed by atoms with Gasteiger partial charge in [0, 0.05) is 23.9 Å². The van der Waals surface area contributed by atoms with Gasteiger partial charge in [-0.1, -0.05) is 30.0 Å². The highest BCUT2D eigenvalue weighted by Gasteiger charge is 2.32. The second-order valence-corrected chi connectivity index (χ2v) is 7.20. The quantitative estimate of drug-likeness (QED) is 0.802. The predicted molar refractivity (Wildman–Crippen MR) is 110 cm³/mol. The number of rotatable bonds is 4. The molecule has 0 unspecified atom stereocenters. The minimum absolute atomic E-state index is 0.144. The molecule has 7 nitrogen and oxygen atoms in total. The summed E-state index contributed by atoms with van der Waals surface area (Å²) in [6, 6.07) is 14.7. The number of amides is 1. The number of nitrogens with one attached hydrogen (secondary N) is 1. The average Bonchev–Trinajstić information content (AvgIpc) is 3.22. The first-order valence-corrected chi connectivity index (χ1v) is 9.74. The third-order valence-electron chi connectivity index (χ3n) is 4.46. The number of carbonyl (C=O) groups is 2. The van der Waals surface area contributed by atoms with Crippen molar-refractivity contribution in [3.05, 3.63) is 59.7 Å². The Balaban J connectivity index is 1.40. The molecular weight excluding hydrogens is 376 g/mol. The molecule has 1 atom stereocenters. The number of hydrazone groups is 1. The molecule has 0 saturated heterocycles. The van der Waals surface area contributed by atoms with Gasteiger partial charge in [0.15, 0.2) is 5.17 Å². The van der Waals surface area contributed by atoms with Crippen molar-refractivity contribution in [3.63, 3.8) is 0 Å². The van der Waals surface area contributed by atoms with Crippen LogP contribution in [0.15, 0.2) is 58.6 Å². The smallest absolute Gasteiger partial charge is 0.337 e. The summed E-state index contributed by atoms with van der Waals surface area (Å²) in [4.78, 5) is 28.5. The van der Waals surface area contributed by atoms with E-state index in [0.717, 1.165) is 17.7 Å². The van der Waals surface area contributed by atoms with E-state index in [0.29, 0.717) is 16.4 Å². The van der Waals surface area contributed by atoms with E-state index < -0.39 is 5.97 Å². The van der Waals surface area contributed by atoms with Gasteiger partial charge in [-0.25, -0.2) is 14.8 Å². The number of thioether (sulfide) groups is 1. The first-order valence-electron chi connectivity index (χ1n) is 8.76. The molecule has 2 aliphatic heterocycles. The van der Waals surface area contributed by atoms with E-state index in [1.54, 1.807) is 24.3 Å². The van der Waals surface area contributed by atoms with Crippen LogP contribution in [0, 0.1) is 0 Å². The van der Waals surface area contributed by atoms with Crippen LogP contribution in [0.1, 0.15) is 28.4 Å². The van der Waals surface area contributed by atoms with Crippen LogP contribution in [0.3, 0.4) is 0 Å². The highest BCUT2D eigenvalue weighted by atomic mass is 32.2. The average molecular weight is 394 g/mol. The topological polar surface area (TPSA) is 83.4 Å². The molecule has 0 radical (unpaired) electrons. The third-order valence-corrected chi connectivity index (χ3v) is 5.40. The zero-order valence-corrected chi connectivity index (χ0v) is 16.0. The molecule has 4 rings (SSSR count). The Morgan fingerprint density at radius 3 is 2.79 bits per heavy atom. The van der Waals surface area contributed by atoms with Gasteiger partial charge in [-0.3, -0.25) is 4.79 Å². The molecule has 2 aromatic carbocycles. The monoisotopic (exact) mass is 394 g/mol. The van der Waals surface area contributed by atoms with Crippen molar-refractivity contribution in [2.45, 2.75) is 12.5 Å². The van der Waals surface area contributed by atoms with Gasteiger partial charge in [-0.05, 0) is 30.3 Å². The summed E-state index contributed by atoms with van der Waals surface area (Å²) in [6.07, 6.45) is 2.71. The molecule has 0 saturated carbocycles. The molecular formula is C20H18N4O3S. The largest absolute Gasteiger partial charge is 0.465 e. The maximum atomic E-state index is 12.3. The summed E-state index contributed by atoms with van der Waals surface area (Å²) >= 11 is 1.35. The Labute approximate surface area is 166 Å². The van der Waals surface area contributed by atoms with Gasteiger partial charge >= 0.3 is 5.97 Å². The zero-order valence-electron chi connectivity index (χ0n) is 15.2. The molecule has 1 N–H and O–H groups in total. The number of ether oxygens (including phenoxy) is 1. The second-order valence-electron chi connectivity index (χ2n) is 6.25. The lowest BCUT2D eigenvalue weighted by Gasteiger charge is -2.29. The molecule has 0 bridgehead atoms. The van der Waals surface area contributed by atoms with Crippen molar-refractivity contribution >= 4 is 46.4 Å². The van der Waals surface area contributed by atoms with Crippen molar-refractivity contribution in [3.8, 4) is 0 Å². The maximum absolute atomic E-state index is 12.3. The van der Waals surface area contributed by atoms with Crippen molar-refractivity contribution in [1.82, 2.24) is 5.01 Å². The molecule has 2 aliphatic rings. The van der Waals surface area contributed by atoms with Gasteiger partial charge in [-0.2, -0.15) is 5.10 Å². The fourth-order valence-corrected chi connectivity index (χ4v) is 3.92. The molecule has 0 fully saturated rings. The highest BCUT2D eigenvalue weighted by molar-refractivity contribution is 8.14. The first-order chi connectivity index (χ1) is 13.7. The van der Waals surface area contributed by atoms with Crippen LogP contribution in [-0.4, -0.2) is 41.1 Å². The number of hydrogen-bond acceptors (Lipinski definition) is 7. The van der Waals surface area contributed by atoms with Crippen LogP contribution < -0.4 is 5.32 Å². The van der Waals surface area contributed by atoms with E-state index in [2.05, 4.69) is 26.2 Å². The van der Waals surface area contributed by atoms with Crippen LogP contribution in [0.2, 0.25) is 0 Å². The summed E-state index contributed by atoms with van der Waals surface area (Å²) < 4.78 is 4.66. The normalized spacial score (nSPS) is 16.8. The van der Waals surface area contributed by atoms with Crippen LogP contribution in [0.4, 0.5) is 11.4 Å². The van der Waals surface area contributed by atoms with E-state index in [4.69, 9.17) is 0 Å². The zero-order chi connectivity index (χ0) is 19.5. The molecule has 0 aromatic heterocycles. The van der Waals surface area contributed by atoms with E-state index in [1.165, 1.54) is 18.9 Å². The summed E-state index contributed by atoms with van der Waals surface area (Å²) in [5, 5.41) is 9.83. The number of carbonyl (C=O) groups excluding carboxylic acids is 2. The van der Waals surface area contributed by atoms with Crippen LogP contribution in [0.5, 0.6) is 0 Å². The highest BCUT2D eigenvalue weighted by Crippen LogP contribution is 2.40. The summed E-state index contributed by atoms with van der Waals surface area (Å²) in [7, 11) is 1.33. The van der Waals surface area contributed by atoms with Crippen LogP contribution in [-0.2, 0) is 9.53 Å². The minimum atomic E-state index is -0.412. The second kappa shape index (κ2) is 7.85. The van der Waals surface area contributed by atoms with Crippen LogP contribution in [0.25, 0.3) is 0 Å². The number of nitrogens with zero attached hydrogens (tertiary/aromatic N) is 3. The summed E-state index contributed by atoms with van der Waals surface area (Å²) in [5.74, 6) is -0.361. The fraction of sp³-hybridized carbons (Fsp3) is 0.200. The van der Waals surface area contributed by atoms with Gasteiger partial charge in [0.05, 0.1) is 30.2 Å². The number of amidine groups is 1. The maximum Gasteiger partial charge on any atom is 0.337 e. The van der Waals surface area contributed by atoms with Gasteiger partial charge < -0.3 is 10.1 Å². The van der Waals surface area contributed by atoms with Crippen molar-refractivity contribution in [1.29, 1.82) is 0 Å². The minimum Gasteiger partial charge on any atom is -0.465 e. The lowest BCUT2D eigenvalue weighted by Crippen LogP contribution is -2.29. The molecule has 1 amide bonds. The number of benzene rings is 2. The number of aliphatic imine (C=N–C) groups is 1. The number of para-hydroxylation sites is 1. The molecule has 2 heterocycles. The first kappa shape index (κ1) is 18.2. The Morgan fingerprint density at radius 2 is 2.00 bits per heavy atom. The van der Waals surface area contributed by atoms with Gasteiger partial charge in [0.1, 0.15) is 0 Å². The van der Waals surface area contributed by atoms with Gasteiger partial charge in [-0.15, -0.1) is 0 Å². The molecule has 2 aromatic rings. The third kappa shape index (κ3) is 3.63. The van der Waals surface area contributed by atoms with E-state index >= 15 is 0 Å². The lowest BCUT2D eigenvalue weighted by atomic mass is 10.0. The van der Waals surface area contributed by atoms with Crippen molar-refractivity contribution in [2.24, 2.45) is 10.1 Å². The Kier molecular flexibility index (Phi) is 5.12. The van der Waals surface area contributed by atoms with E-state index in [-0.39, 0.29) is 17.7 Å². The number of methoxy groups -OCH3 is 1. The van der Waals surface area contributed by atoms with Crippen LogP contribution >= 0.6 is 11.8 Å². The van der Waals surface area contributed by atoms with E-state index in [9.17, 15) is 9.59 Å². The Morgan fingerprint density at radius 1 is 1.21 bits per heavy atom. The van der Waals surface area contributed by atoms with Gasteiger partial charge in [0.2, 0.25) is 5.91 Å². The number of hydrogen-bond donors (Lipinski definition) is 1. The summed E-state index contributed by atoms with van der Waals surface area (Å²) in [5.41, 5.74) is 3.13. The number of anilines is 1. The Hall–Kier alpha value is -3.13. The van der Waals surface area contributed by atoms with Crippen molar-refractivity contribution in [2.75, 3.05) is 18.2 Å². The molecule has 8 heteroatoms. The van der Waals surface area contributed by atoms with Gasteiger partial charge in [0.25, 0.3) is 0 Å². The molecule has 28 heavy (non-hydrogen) atoms. The molecule has 0 aliphatic carbocycles. The molecule has 0 spiro atoms. The standard InChI is InChI=1S/C20H18N4O3S/c1-27-19(26)13-6-8-14(9-7-13)22-18(25)12-28-20-23-16-5-3-2-4-15(16)17-10-11-21-24(17)20/h2-9,11,17H,10,12H2,1H3,(H,22,25)/t17-/m0/s1. The number of esters is 1.